The highest BCUT2D eigenvalue weighted by Gasteiger charge is 2.44. The van der Waals surface area contributed by atoms with Crippen LogP contribution in [0.3, 0.4) is 0 Å². The summed E-state index contributed by atoms with van der Waals surface area (Å²) in [7, 11) is 4.06. The number of amides is 1. The molecule has 0 radical (unpaired) electrons. The van der Waals surface area contributed by atoms with Crippen LogP contribution in [-0.4, -0.2) is 46.4 Å². The highest BCUT2D eigenvalue weighted by Crippen LogP contribution is 2.50. The van der Waals surface area contributed by atoms with E-state index in [1.807, 2.05) is 50.2 Å². The van der Waals surface area contributed by atoms with Gasteiger partial charge in [0.1, 0.15) is 5.03 Å². The molecule has 3 aliphatic rings. The van der Waals surface area contributed by atoms with Gasteiger partial charge in [-0.05, 0) is 24.6 Å². The standard InChI is InChI=1S/C20H19N5OS2/c1-24(2)15-8-9-21-19-17(15)13-7-10-23-25(20(26)18(13)28-19)12-3-5-14-16(6-4-12)27-11-22-14/h3,5-6,8-11,13,18H,4,7H2,1-2H3. The molecule has 2 aliphatic heterocycles. The lowest BCUT2D eigenvalue weighted by atomic mass is 9.92. The van der Waals surface area contributed by atoms with Crippen LogP contribution in [0.15, 0.2) is 39.7 Å². The van der Waals surface area contributed by atoms with Gasteiger partial charge in [-0.1, -0.05) is 17.8 Å². The molecule has 5 rings (SSSR count). The highest BCUT2D eigenvalue weighted by atomic mass is 32.2. The predicted molar refractivity (Wildman–Crippen MR) is 114 cm³/mol. The fourth-order valence-electron chi connectivity index (χ4n) is 3.87. The Morgan fingerprint density at radius 3 is 3.00 bits per heavy atom. The van der Waals surface area contributed by atoms with Gasteiger partial charge in [-0.3, -0.25) is 4.79 Å². The van der Waals surface area contributed by atoms with Crippen LogP contribution in [0, 0.1) is 0 Å². The molecule has 0 aromatic carbocycles. The van der Waals surface area contributed by atoms with Crippen LogP contribution in [0.25, 0.3) is 12.2 Å². The van der Waals surface area contributed by atoms with Crippen molar-refractivity contribution < 1.29 is 4.79 Å². The van der Waals surface area contributed by atoms with Gasteiger partial charge in [-0.2, -0.15) is 5.10 Å². The number of carbonyl (C=O) groups excluding carboxylic acids is 1. The third kappa shape index (κ3) is 2.79. The lowest BCUT2D eigenvalue weighted by molar-refractivity contribution is -0.128. The van der Waals surface area contributed by atoms with E-state index in [1.165, 1.54) is 5.56 Å². The smallest absolute Gasteiger partial charge is 0.261 e. The Morgan fingerprint density at radius 2 is 2.14 bits per heavy atom. The lowest BCUT2D eigenvalue weighted by Gasteiger charge is -2.23. The number of thioether (sulfide) groups is 1. The van der Waals surface area contributed by atoms with Gasteiger partial charge in [0, 0.05) is 55.8 Å². The largest absolute Gasteiger partial charge is 0.377 e. The third-order valence-electron chi connectivity index (χ3n) is 5.22. The molecule has 8 heteroatoms. The molecule has 0 saturated heterocycles. The van der Waals surface area contributed by atoms with E-state index in [9.17, 15) is 4.79 Å². The quantitative estimate of drug-likeness (QED) is 0.759. The van der Waals surface area contributed by atoms with E-state index in [0.717, 1.165) is 32.7 Å². The topological polar surface area (TPSA) is 61.7 Å². The Labute approximate surface area is 171 Å². The van der Waals surface area contributed by atoms with E-state index >= 15 is 0 Å². The number of nitrogens with zero attached hydrogens (tertiary/aromatic N) is 5. The number of pyridine rings is 1. The van der Waals surface area contributed by atoms with E-state index in [0.29, 0.717) is 6.42 Å². The van der Waals surface area contributed by atoms with Crippen LogP contribution >= 0.6 is 23.1 Å². The number of anilines is 1. The molecule has 2 aromatic rings. The SMILES string of the molecule is CN(C)c1ccnc2c1C1CC=NN(C3=CC=c4ncsc4=CC3)C(=O)C1S2. The number of hydrogen-bond donors (Lipinski definition) is 0. The lowest BCUT2D eigenvalue weighted by Crippen LogP contribution is -2.33. The summed E-state index contributed by atoms with van der Waals surface area (Å²) in [5.74, 6) is 0.118. The maximum atomic E-state index is 13.5. The van der Waals surface area contributed by atoms with E-state index in [1.54, 1.807) is 28.1 Å². The van der Waals surface area contributed by atoms with Gasteiger partial charge in [-0.15, -0.1) is 11.3 Å². The van der Waals surface area contributed by atoms with E-state index in [-0.39, 0.29) is 17.1 Å². The Balaban J connectivity index is 1.50. The van der Waals surface area contributed by atoms with Gasteiger partial charge in [0.25, 0.3) is 5.91 Å². The van der Waals surface area contributed by atoms with Crippen molar-refractivity contribution in [2.75, 3.05) is 19.0 Å². The van der Waals surface area contributed by atoms with Crippen LogP contribution in [0.4, 0.5) is 5.69 Å². The molecule has 2 aromatic heterocycles. The van der Waals surface area contributed by atoms with Gasteiger partial charge in [0.2, 0.25) is 0 Å². The summed E-state index contributed by atoms with van der Waals surface area (Å²) < 4.78 is 1.14. The number of carbonyl (C=O) groups is 1. The number of hydrazone groups is 1. The molecule has 0 saturated carbocycles. The number of fused-ring (bicyclic) bond motifs is 4. The zero-order chi connectivity index (χ0) is 19.3. The summed E-state index contributed by atoms with van der Waals surface area (Å²) in [6.07, 6.45) is 11.2. The van der Waals surface area contributed by atoms with Crippen LogP contribution in [0.1, 0.15) is 24.3 Å². The second-order valence-electron chi connectivity index (χ2n) is 7.11. The summed E-state index contributed by atoms with van der Waals surface area (Å²) >= 11 is 3.18. The molecule has 2 unspecified atom stereocenters. The maximum Gasteiger partial charge on any atom is 0.261 e. The highest BCUT2D eigenvalue weighted by molar-refractivity contribution is 8.01. The van der Waals surface area contributed by atoms with Gasteiger partial charge in [-0.25, -0.2) is 15.0 Å². The molecule has 4 heterocycles. The van der Waals surface area contributed by atoms with Crippen molar-refractivity contribution in [3.8, 4) is 0 Å². The van der Waals surface area contributed by atoms with Crippen molar-refractivity contribution in [2.24, 2.45) is 5.10 Å². The third-order valence-corrected chi connectivity index (χ3v) is 7.40. The first-order valence-corrected chi connectivity index (χ1v) is 10.9. The Hall–Kier alpha value is -2.45. The van der Waals surface area contributed by atoms with Crippen LogP contribution in [-0.2, 0) is 4.79 Å². The van der Waals surface area contributed by atoms with E-state index < -0.39 is 0 Å². The normalized spacial score (nSPS) is 22.9. The molecule has 0 fully saturated rings. The van der Waals surface area contributed by atoms with Crippen molar-refractivity contribution in [1.82, 2.24) is 15.0 Å². The Bertz CT molecular complexity index is 1130. The molecule has 6 nitrogen and oxygen atoms in total. The van der Waals surface area contributed by atoms with Gasteiger partial charge in [0.05, 0.1) is 20.6 Å². The molecule has 1 amide bonds. The molecular weight excluding hydrogens is 390 g/mol. The minimum absolute atomic E-state index is 0.0257. The van der Waals surface area contributed by atoms with Gasteiger partial charge in [0.15, 0.2) is 0 Å². The second-order valence-corrected chi connectivity index (χ2v) is 9.12. The summed E-state index contributed by atoms with van der Waals surface area (Å²) in [6.45, 7) is 0. The predicted octanol–water partition coefficient (Wildman–Crippen LogP) is 1.93. The van der Waals surface area contributed by atoms with Gasteiger partial charge >= 0.3 is 0 Å². The number of rotatable bonds is 2. The van der Waals surface area contributed by atoms with Crippen LogP contribution < -0.4 is 14.8 Å². The zero-order valence-electron chi connectivity index (χ0n) is 15.6. The first kappa shape index (κ1) is 17.6. The fraction of sp³-hybridized carbons (Fsp3) is 0.300. The van der Waals surface area contributed by atoms with Crippen LogP contribution in [0.2, 0.25) is 0 Å². The summed E-state index contributed by atoms with van der Waals surface area (Å²) in [6, 6.07) is 2.02. The van der Waals surface area contributed by atoms with Crippen molar-refractivity contribution in [1.29, 1.82) is 0 Å². The second kappa shape index (κ2) is 6.86. The summed E-state index contributed by atoms with van der Waals surface area (Å²) in [5, 5.41) is 7.83. The Morgan fingerprint density at radius 1 is 1.25 bits per heavy atom. The minimum Gasteiger partial charge on any atom is -0.377 e. The molecule has 1 aliphatic carbocycles. The average Bonchev–Trinajstić information content (AvgIpc) is 3.19. The zero-order valence-corrected chi connectivity index (χ0v) is 17.2. The van der Waals surface area contributed by atoms with Crippen LogP contribution in [0.5, 0.6) is 0 Å². The number of aromatic nitrogens is 2. The Kier molecular flexibility index (Phi) is 4.32. The van der Waals surface area contributed by atoms with Crippen molar-refractivity contribution in [3.63, 3.8) is 0 Å². The summed E-state index contributed by atoms with van der Waals surface area (Å²) in [4.78, 5) is 24.5. The first-order valence-electron chi connectivity index (χ1n) is 9.13. The molecular formula is C20H19N5OS2. The number of allylic oxidation sites excluding steroid dienone is 2. The van der Waals surface area contributed by atoms with Crippen molar-refractivity contribution in [2.45, 2.75) is 29.0 Å². The fourth-order valence-corrected chi connectivity index (χ4v) is 5.93. The minimum atomic E-state index is -0.206. The molecule has 0 N–H and O–H groups in total. The molecule has 0 spiro atoms. The average molecular weight is 410 g/mol. The van der Waals surface area contributed by atoms with Crippen molar-refractivity contribution in [3.05, 3.63) is 45.0 Å². The first-order chi connectivity index (χ1) is 13.6. The molecule has 142 valence electrons. The summed E-state index contributed by atoms with van der Waals surface area (Å²) in [5.41, 5.74) is 5.02. The molecule has 28 heavy (non-hydrogen) atoms. The number of thiazole rings is 1. The molecule has 2 atom stereocenters. The number of hydrogen-bond acceptors (Lipinski definition) is 7. The maximum absolute atomic E-state index is 13.5. The van der Waals surface area contributed by atoms with E-state index in [2.05, 4.69) is 26.0 Å². The van der Waals surface area contributed by atoms with Gasteiger partial charge < -0.3 is 4.90 Å². The van der Waals surface area contributed by atoms with Crippen molar-refractivity contribution >= 4 is 53.1 Å². The molecule has 0 bridgehead atoms. The monoisotopic (exact) mass is 409 g/mol. The van der Waals surface area contributed by atoms with E-state index in [4.69, 9.17) is 0 Å².